The summed E-state index contributed by atoms with van der Waals surface area (Å²) in [6.07, 6.45) is 0. The third-order valence-electron chi connectivity index (χ3n) is 8.50. The van der Waals surface area contributed by atoms with Gasteiger partial charge in [-0.15, -0.1) is 25.6 Å². The fourth-order valence-corrected chi connectivity index (χ4v) is 7.40. The van der Waals surface area contributed by atoms with Gasteiger partial charge in [-0.05, 0) is 96.4 Å². The van der Waals surface area contributed by atoms with Crippen LogP contribution in [-0.2, 0) is 30.4 Å². The summed E-state index contributed by atoms with van der Waals surface area (Å²) in [6.45, 7) is 0. The molecule has 0 aliphatic rings. The van der Waals surface area contributed by atoms with Crippen LogP contribution in [0.3, 0.4) is 0 Å². The van der Waals surface area contributed by atoms with E-state index < -0.39 is 56.5 Å². The van der Waals surface area contributed by atoms with E-state index in [1.54, 1.807) is 24.3 Å². The number of anilines is 2. The molecular weight excluding hydrogens is 870 g/mol. The quantitative estimate of drug-likeness (QED) is 0.0680. The summed E-state index contributed by atoms with van der Waals surface area (Å²) in [5.41, 5.74) is 12.3. The number of phenolic OH excluding ortho intramolecular Hbond substituents is 1. The molecule has 5 N–H and O–H groups in total. The van der Waals surface area contributed by atoms with Gasteiger partial charge in [-0.2, -0.15) is 5.11 Å². The molecule has 7 aromatic carbocycles. The molecule has 288 valence electrons. The van der Waals surface area contributed by atoms with Crippen molar-refractivity contribution in [2.24, 2.45) is 30.7 Å². The van der Waals surface area contributed by atoms with Crippen LogP contribution in [-0.4, -0.2) is 44.0 Å². The van der Waals surface area contributed by atoms with Crippen LogP contribution in [0.4, 0.5) is 45.5 Å². The molecule has 0 heterocycles. The molecular formula is C36H23N8Na3O10S3. The fraction of sp³-hybridized carbons (Fsp3) is 0. The first-order valence-electron chi connectivity index (χ1n) is 16.0. The minimum absolute atomic E-state index is 0. The van der Waals surface area contributed by atoms with Crippen LogP contribution in [0.5, 0.6) is 5.75 Å². The van der Waals surface area contributed by atoms with Crippen molar-refractivity contribution >= 4 is 108 Å². The van der Waals surface area contributed by atoms with Crippen LogP contribution in [0.1, 0.15) is 0 Å². The largest absolute Gasteiger partial charge is 1.00 e. The van der Waals surface area contributed by atoms with Crippen molar-refractivity contribution in [3.8, 4) is 5.75 Å². The Kier molecular flexibility index (Phi) is 15.6. The molecule has 0 bridgehead atoms. The second kappa shape index (κ2) is 19.1. The molecule has 0 fully saturated rings. The van der Waals surface area contributed by atoms with Crippen molar-refractivity contribution in [3.63, 3.8) is 0 Å². The Morgan fingerprint density at radius 1 is 0.433 bits per heavy atom. The number of nitrogen functional groups attached to an aromatic ring is 2. The molecule has 18 nitrogen and oxygen atoms in total. The first-order valence-corrected chi connectivity index (χ1v) is 20.3. The van der Waals surface area contributed by atoms with Crippen LogP contribution in [0, 0.1) is 0 Å². The van der Waals surface area contributed by atoms with Gasteiger partial charge in [0.25, 0.3) is 0 Å². The summed E-state index contributed by atoms with van der Waals surface area (Å²) >= 11 is 0. The third kappa shape index (κ3) is 10.6. The summed E-state index contributed by atoms with van der Waals surface area (Å²) in [5, 5.41) is 36.8. The number of rotatable bonds is 9. The number of hydrogen-bond acceptors (Lipinski definition) is 18. The van der Waals surface area contributed by atoms with Crippen molar-refractivity contribution in [2.75, 3.05) is 11.5 Å². The van der Waals surface area contributed by atoms with Crippen LogP contribution < -0.4 is 100 Å². The molecule has 0 spiro atoms. The number of azo groups is 3. The number of phenols is 1. The SMILES string of the molecule is Nc1ccc(N=Nc2ccc(N=Nc3ccc(N=Nc4c(S(=O)(=O)[O-])cc5ccc(N)cc5c4O)c4ccc(S(=O)(=O)[O-])cc34)c3ccc(S(=O)(=O)[O-])cc23)cc1.[Na+].[Na+].[Na+]. The molecule has 24 heteroatoms. The van der Waals surface area contributed by atoms with Crippen molar-refractivity contribution in [1.29, 1.82) is 0 Å². The van der Waals surface area contributed by atoms with Crippen molar-refractivity contribution in [2.45, 2.75) is 14.7 Å². The minimum Gasteiger partial charge on any atom is -0.744 e. The summed E-state index contributed by atoms with van der Waals surface area (Å²) in [5.74, 6) is -0.697. The van der Waals surface area contributed by atoms with Gasteiger partial charge < -0.3 is 30.2 Å². The first kappa shape index (κ1) is 48.9. The molecule has 0 aromatic heterocycles. The maximum absolute atomic E-state index is 12.2. The number of aromatic hydroxyl groups is 1. The van der Waals surface area contributed by atoms with E-state index in [9.17, 15) is 44.0 Å². The van der Waals surface area contributed by atoms with Crippen LogP contribution >= 0.6 is 0 Å². The fourth-order valence-electron chi connectivity index (χ4n) is 5.76. The molecule has 7 rings (SSSR count). The van der Waals surface area contributed by atoms with E-state index in [-0.39, 0.29) is 144 Å². The molecule has 0 radical (unpaired) electrons. The molecule has 0 aliphatic carbocycles. The predicted molar refractivity (Wildman–Crippen MR) is 205 cm³/mol. The zero-order valence-electron chi connectivity index (χ0n) is 31.6. The maximum Gasteiger partial charge on any atom is 1.00 e. The molecule has 0 unspecified atom stereocenters. The van der Waals surface area contributed by atoms with Crippen LogP contribution in [0.15, 0.2) is 155 Å². The zero-order valence-corrected chi connectivity index (χ0v) is 40.0. The van der Waals surface area contributed by atoms with Gasteiger partial charge in [-0.25, -0.2) is 25.3 Å². The third-order valence-corrected chi connectivity index (χ3v) is 11.0. The van der Waals surface area contributed by atoms with E-state index in [0.29, 0.717) is 16.8 Å². The van der Waals surface area contributed by atoms with E-state index in [2.05, 4.69) is 30.7 Å². The first-order chi connectivity index (χ1) is 26.9. The van der Waals surface area contributed by atoms with Gasteiger partial charge in [0.15, 0.2) is 5.75 Å². The molecule has 0 aliphatic heterocycles. The second-order valence-corrected chi connectivity index (χ2v) is 16.3. The van der Waals surface area contributed by atoms with Gasteiger partial charge in [0, 0.05) is 38.3 Å². The van der Waals surface area contributed by atoms with E-state index in [1.165, 1.54) is 54.6 Å². The summed E-state index contributed by atoms with van der Waals surface area (Å²) in [4.78, 5) is -2.06. The Morgan fingerprint density at radius 2 is 0.867 bits per heavy atom. The molecule has 0 atom stereocenters. The summed E-state index contributed by atoms with van der Waals surface area (Å²) in [6, 6.07) is 24.0. The van der Waals surface area contributed by atoms with E-state index in [4.69, 9.17) is 11.5 Å². The number of hydrogen-bond donors (Lipinski definition) is 3. The Hall–Kier alpha value is -3.75. The number of fused-ring (bicyclic) bond motifs is 3. The Morgan fingerprint density at radius 3 is 1.33 bits per heavy atom. The molecule has 60 heavy (non-hydrogen) atoms. The average molecular weight is 893 g/mol. The average Bonchev–Trinajstić information content (AvgIpc) is 3.15. The van der Waals surface area contributed by atoms with Gasteiger partial charge in [0.2, 0.25) is 0 Å². The smallest absolute Gasteiger partial charge is 0.744 e. The predicted octanol–water partition coefficient (Wildman–Crippen LogP) is -1.01. The molecule has 0 saturated heterocycles. The standard InChI is InChI=1S/C36H26N8O10S3.3Na/c37-20-3-5-22(6-4-20)39-40-32-13-11-30(25-9-7-23(17-28(25)32)55(46,47)48)41-42-33-14-12-31(26-10-8-24(18-29(26)33)56(49,50)51)43-44-35-34(57(52,53)54)15-19-1-2-21(38)16-27(19)36(35)45;;;/h1-18,45H,37-38H2,(H,46,47,48)(H,49,50,51)(H,52,53,54);;;/q;3*+1/p-3. The Labute approximate surface area is 408 Å². The van der Waals surface area contributed by atoms with E-state index >= 15 is 0 Å². The minimum atomic E-state index is -5.20. The second-order valence-electron chi connectivity index (χ2n) is 12.2. The number of benzene rings is 7. The van der Waals surface area contributed by atoms with Gasteiger partial charge in [-0.1, -0.05) is 18.2 Å². The number of nitrogens with two attached hydrogens (primary N) is 2. The van der Waals surface area contributed by atoms with Crippen molar-refractivity contribution in [3.05, 3.63) is 109 Å². The number of nitrogens with zero attached hydrogens (tertiary/aromatic N) is 6. The Bertz CT molecular complexity index is 3270. The van der Waals surface area contributed by atoms with Gasteiger partial charge in [-0.3, -0.25) is 0 Å². The van der Waals surface area contributed by atoms with Gasteiger partial charge in [0.1, 0.15) is 36.0 Å². The van der Waals surface area contributed by atoms with E-state index in [1.807, 2.05) is 0 Å². The molecule has 0 saturated carbocycles. The summed E-state index contributed by atoms with van der Waals surface area (Å²) < 4.78 is 108. The normalized spacial score (nSPS) is 12.2. The van der Waals surface area contributed by atoms with Crippen LogP contribution in [0.2, 0.25) is 0 Å². The van der Waals surface area contributed by atoms with E-state index in [0.717, 1.165) is 30.3 Å². The topological polar surface area (TPSA) is 318 Å². The zero-order chi connectivity index (χ0) is 40.9. The molecule has 0 amide bonds. The summed E-state index contributed by atoms with van der Waals surface area (Å²) in [7, 11) is -15.1. The van der Waals surface area contributed by atoms with Crippen molar-refractivity contribution < 1.29 is 133 Å². The monoisotopic (exact) mass is 892 g/mol. The molecule has 7 aromatic rings. The maximum atomic E-state index is 12.2. The Balaban J connectivity index is 0.00000265. The van der Waals surface area contributed by atoms with Gasteiger partial charge in [0.05, 0.1) is 43.1 Å². The van der Waals surface area contributed by atoms with Crippen molar-refractivity contribution in [1.82, 2.24) is 0 Å². The van der Waals surface area contributed by atoms with Crippen LogP contribution in [0.25, 0.3) is 32.3 Å². The van der Waals surface area contributed by atoms with Gasteiger partial charge >= 0.3 is 88.7 Å².